The molecule has 1 atom stereocenters. The van der Waals surface area contributed by atoms with Gasteiger partial charge in [-0.15, -0.1) is 0 Å². The normalized spacial score (nSPS) is 11.9. The number of nitrogens with zero attached hydrogens (tertiary/aromatic N) is 2. The monoisotopic (exact) mass is 551 g/mol. The molecular weight excluding hydrogens is 509 g/mol. The van der Waals surface area contributed by atoms with Crippen molar-refractivity contribution < 1.29 is 14.6 Å². The summed E-state index contributed by atoms with van der Waals surface area (Å²) in [5.74, 6) is 0.781. The van der Waals surface area contributed by atoms with Crippen LogP contribution in [0.15, 0.2) is 67.4 Å². The minimum atomic E-state index is 0.186. The molecular formula is C34H42BN3O3. The van der Waals surface area contributed by atoms with Gasteiger partial charge in [0, 0.05) is 31.1 Å². The van der Waals surface area contributed by atoms with Crippen molar-refractivity contribution in [2.75, 3.05) is 20.3 Å². The summed E-state index contributed by atoms with van der Waals surface area (Å²) in [6, 6.07) is 18.1. The van der Waals surface area contributed by atoms with Crippen LogP contribution in [0.25, 0.3) is 27.6 Å². The average molecular weight is 552 g/mol. The number of methoxy groups -OCH3 is 1. The fraction of sp³-hybridized carbons (Fsp3) is 0.382. The first-order chi connectivity index (χ1) is 19.9. The van der Waals surface area contributed by atoms with E-state index in [1.165, 1.54) is 10.9 Å². The van der Waals surface area contributed by atoms with E-state index in [-0.39, 0.29) is 11.5 Å². The van der Waals surface area contributed by atoms with Crippen molar-refractivity contribution in [1.29, 1.82) is 0 Å². The minimum Gasteiger partial charge on any atom is -0.506 e. The number of carbonyl (C=O) groups excluding carboxylic acids is 1. The van der Waals surface area contributed by atoms with E-state index < -0.39 is 0 Å². The van der Waals surface area contributed by atoms with Gasteiger partial charge in [0.2, 0.25) is 0 Å². The van der Waals surface area contributed by atoms with Crippen LogP contribution in [-0.4, -0.2) is 47.8 Å². The molecule has 6 nitrogen and oxygen atoms in total. The Morgan fingerprint density at radius 2 is 1.93 bits per heavy atom. The summed E-state index contributed by atoms with van der Waals surface area (Å²) in [7, 11) is 1.65. The molecule has 1 unspecified atom stereocenters. The molecule has 4 aromatic rings. The van der Waals surface area contributed by atoms with Crippen LogP contribution in [0.3, 0.4) is 0 Å². The van der Waals surface area contributed by atoms with Crippen LogP contribution in [0.1, 0.15) is 67.3 Å². The van der Waals surface area contributed by atoms with Gasteiger partial charge >= 0.3 is 145 Å². The molecule has 0 aliphatic heterocycles. The van der Waals surface area contributed by atoms with Crippen molar-refractivity contribution >= 4 is 29.3 Å². The van der Waals surface area contributed by atoms with Crippen molar-refractivity contribution in [1.82, 2.24) is 15.1 Å². The predicted molar refractivity (Wildman–Crippen MR) is 169 cm³/mol. The summed E-state index contributed by atoms with van der Waals surface area (Å²) in [6.45, 7) is 12.6. The van der Waals surface area contributed by atoms with E-state index in [0.717, 1.165) is 55.3 Å². The SMILES string of the molecule is C=C(NCCOC)c1ccc2nn(CC(CCC)CCCC(=O)c3ccc(-c4bc(CC)ccc4)cc3)cc2c1O. The van der Waals surface area contributed by atoms with Gasteiger partial charge in [0.15, 0.2) is 0 Å². The average Bonchev–Trinajstić information content (AvgIpc) is 3.41. The molecule has 0 spiro atoms. The number of phenolic OH excluding ortho intramolecular Hbond substituents is 1. The maximum Gasteiger partial charge on any atom is 0.135 e. The third-order valence-electron chi connectivity index (χ3n) is 7.71. The molecule has 0 aliphatic rings. The standard InChI is InChI=1S/C34H42BN3O3/c1-5-9-25(22-38-23-30-32(37-38)19-18-29(34(30)40)24(3)36-20-21-41-4)10-7-13-33(39)27-16-14-26(15-17-27)31-12-8-11-28(6-2)35-31/h8,11-12,14-19,23,25,36,40H,3,5-7,9-10,13,20-22H2,1-2,4H3. The van der Waals surface area contributed by atoms with E-state index in [4.69, 9.17) is 9.84 Å². The molecule has 41 heavy (non-hydrogen) atoms. The number of fused-ring (bicyclic) bond motifs is 1. The van der Waals surface area contributed by atoms with Gasteiger partial charge in [-0.2, -0.15) is 5.10 Å². The van der Waals surface area contributed by atoms with E-state index in [1.54, 1.807) is 7.11 Å². The Kier molecular flexibility index (Phi) is 10.9. The van der Waals surface area contributed by atoms with Crippen molar-refractivity contribution in [2.24, 2.45) is 5.92 Å². The second-order valence-electron chi connectivity index (χ2n) is 10.7. The largest absolute Gasteiger partial charge is 0.506 e. The minimum absolute atomic E-state index is 0.186. The molecule has 0 saturated heterocycles. The van der Waals surface area contributed by atoms with Crippen LogP contribution >= 0.6 is 0 Å². The first-order valence-electron chi connectivity index (χ1n) is 14.8. The summed E-state index contributed by atoms with van der Waals surface area (Å²) in [5, 5.41) is 19.5. The van der Waals surface area contributed by atoms with Crippen LogP contribution < -0.4 is 5.32 Å². The quantitative estimate of drug-likeness (QED) is 0.116. The van der Waals surface area contributed by atoms with Gasteiger partial charge in [0.25, 0.3) is 0 Å². The summed E-state index contributed by atoms with van der Waals surface area (Å²) in [4.78, 5) is 13.0. The van der Waals surface area contributed by atoms with Gasteiger partial charge in [-0.05, 0) is 12.1 Å². The number of Topliss-reactive ketones (excluding diaryl/α,β-unsaturated/α-hetero) is 1. The molecule has 0 bridgehead atoms. The van der Waals surface area contributed by atoms with Gasteiger partial charge in [0.1, 0.15) is 5.75 Å². The number of carbonyl (C=O) groups is 1. The van der Waals surface area contributed by atoms with Crippen LogP contribution in [0.4, 0.5) is 0 Å². The van der Waals surface area contributed by atoms with Crippen LogP contribution in [-0.2, 0) is 17.7 Å². The summed E-state index contributed by atoms with van der Waals surface area (Å²) in [5.41, 5.74) is 6.48. The second kappa shape index (κ2) is 14.8. The summed E-state index contributed by atoms with van der Waals surface area (Å²) in [6.07, 6.45) is 7.39. The predicted octanol–water partition coefficient (Wildman–Crippen LogP) is 6.99. The zero-order valence-electron chi connectivity index (χ0n) is 24.7. The molecule has 4 rings (SSSR count). The number of aromatic nitrogens is 2. The van der Waals surface area contributed by atoms with Crippen molar-refractivity contribution in [2.45, 2.75) is 58.9 Å². The Hall–Kier alpha value is -3.71. The maximum absolute atomic E-state index is 13.0. The molecule has 7 heteroatoms. The zero-order chi connectivity index (χ0) is 29.2. The number of phenols is 1. The van der Waals surface area contributed by atoms with Gasteiger partial charge < -0.3 is 15.2 Å². The molecule has 2 N–H and O–H groups in total. The van der Waals surface area contributed by atoms with E-state index in [1.807, 2.05) is 35.1 Å². The Morgan fingerprint density at radius 1 is 1.12 bits per heavy atom. The molecule has 0 aliphatic carbocycles. The molecule has 2 aromatic heterocycles. The molecule has 2 aromatic carbocycles. The van der Waals surface area contributed by atoms with Crippen LogP contribution in [0.5, 0.6) is 5.75 Å². The van der Waals surface area contributed by atoms with Crippen molar-refractivity contribution in [3.8, 4) is 16.8 Å². The molecule has 2 heterocycles. The van der Waals surface area contributed by atoms with Gasteiger partial charge in [-0.1, -0.05) is 13.5 Å². The molecule has 0 amide bonds. The molecule has 0 radical (unpaired) electrons. The number of hydrogen-bond donors (Lipinski definition) is 2. The number of ketones is 1. The zero-order valence-corrected chi connectivity index (χ0v) is 24.7. The van der Waals surface area contributed by atoms with Gasteiger partial charge in [0.05, 0.1) is 17.5 Å². The number of aryl methyl sites for hydroxylation is 1. The first-order valence-corrected chi connectivity index (χ1v) is 14.8. The van der Waals surface area contributed by atoms with Crippen molar-refractivity contribution in [3.05, 3.63) is 84.0 Å². The Labute approximate surface area is 244 Å². The van der Waals surface area contributed by atoms with Crippen LogP contribution in [0, 0.1) is 5.92 Å². The number of rotatable bonds is 16. The number of ether oxygens (including phenoxy) is 1. The maximum atomic E-state index is 13.0. The number of aromatic hydroxyl groups is 1. The van der Waals surface area contributed by atoms with Crippen LogP contribution in [0.2, 0.25) is 0 Å². The topological polar surface area (TPSA) is 76.4 Å². The van der Waals surface area contributed by atoms with E-state index in [2.05, 4.69) is 63.0 Å². The molecule has 214 valence electrons. The van der Waals surface area contributed by atoms with Gasteiger partial charge in [-0.25, -0.2) is 0 Å². The van der Waals surface area contributed by atoms with Gasteiger partial charge in [-0.3, -0.25) is 0 Å². The third kappa shape index (κ3) is 7.95. The second-order valence-corrected chi connectivity index (χ2v) is 10.7. The number of nitrogens with one attached hydrogen (secondary N) is 1. The third-order valence-corrected chi connectivity index (χ3v) is 7.71. The van der Waals surface area contributed by atoms with E-state index >= 15 is 0 Å². The Balaban J connectivity index is 1.34. The molecule has 0 saturated carbocycles. The fourth-order valence-corrected chi connectivity index (χ4v) is 5.38. The van der Waals surface area contributed by atoms with E-state index in [9.17, 15) is 9.90 Å². The summed E-state index contributed by atoms with van der Waals surface area (Å²) >= 11 is 0. The Morgan fingerprint density at radius 3 is 2.66 bits per heavy atom. The number of benzene rings is 2. The summed E-state index contributed by atoms with van der Waals surface area (Å²) < 4.78 is 7.01. The smallest absolute Gasteiger partial charge is 0.135 e. The number of hydrogen-bond acceptors (Lipinski definition) is 5. The Bertz CT molecular complexity index is 1460. The first kappa shape index (κ1) is 30.3. The molecule has 0 fully saturated rings. The van der Waals surface area contributed by atoms with E-state index in [0.29, 0.717) is 42.1 Å². The fourth-order valence-electron chi connectivity index (χ4n) is 5.38. The van der Waals surface area contributed by atoms with Crippen molar-refractivity contribution in [3.63, 3.8) is 0 Å².